The fourth-order valence-corrected chi connectivity index (χ4v) is 9.12. The molecule has 3 heterocycles. The van der Waals surface area contributed by atoms with Crippen molar-refractivity contribution in [1.82, 2.24) is 15.2 Å². The maximum absolute atomic E-state index is 13.7. The number of benzene rings is 1. The van der Waals surface area contributed by atoms with E-state index < -0.39 is 35.0 Å². The van der Waals surface area contributed by atoms with Crippen LogP contribution >= 0.6 is 0 Å². The number of amides is 1. The Morgan fingerprint density at radius 3 is 2.62 bits per heavy atom. The Balaban J connectivity index is 1.36. The molecule has 1 aromatic heterocycles. The van der Waals surface area contributed by atoms with Gasteiger partial charge in [0.1, 0.15) is 17.3 Å². The summed E-state index contributed by atoms with van der Waals surface area (Å²) in [5.74, 6) is 0.113. The van der Waals surface area contributed by atoms with Gasteiger partial charge in [0.15, 0.2) is 0 Å². The van der Waals surface area contributed by atoms with Crippen LogP contribution < -0.4 is 15.5 Å². The molecule has 0 bridgehead atoms. The van der Waals surface area contributed by atoms with Gasteiger partial charge in [0, 0.05) is 62.2 Å². The van der Waals surface area contributed by atoms with E-state index in [4.69, 9.17) is 9.47 Å². The molecule has 0 radical (unpaired) electrons. The second-order valence-electron chi connectivity index (χ2n) is 15.8. The number of hydrogen-bond acceptors (Lipinski definition) is 11. The van der Waals surface area contributed by atoms with Gasteiger partial charge in [-0.05, 0) is 86.3 Å². The summed E-state index contributed by atoms with van der Waals surface area (Å²) in [6.45, 7) is 12.6. The van der Waals surface area contributed by atoms with Gasteiger partial charge in [-0.3, -0.25) is 10.1 Å². The number of cyclic esters (lactones) is 1. The minimum atomic E-state index is -0.793. The van der Waals surface area contributed by atoms with E-state index in [1.165, 1.54) is 0 Å². The zero-order chi connectivity index (χ0) is 38.1. The second kappa shape index (κ2) is 15.6. The van der Waals surface area contributed by atoms with Crippen LogP contribution in [-0.2, 0) is 19.1 Å². The molecular formula is C41H55N5O7. The third-order valence-electron chi connectivity index (χ3n) is 12.4. The van der Waals surface area contributed by atoms with Crippen molar-refractivity contribution in [3.05, 3.63) is 77.7 Å². The number of nitrogens with zero attached hydrogens (tertiary/aromatic N) is 3. The molecule has 12 nitrogen and oxygen atoms in total. The lowest BCUT2D eigenvalue weighted by Crippen LogP contribution is -2.62. The average molecular weight is 730 g/mol. The number of esters is 1. The number of anilines is 2. The van der Waals surface area contributed by atoms with Crippen molar-refractivity contribution in [2.45, 2.75) is 70.7 Å². The number of fused-ring (bicyclic) bond motifs is 1. The number of phenolic OH excluding ortho intramolecular Hbond substituents is 1. The smallest absolute Gasteiger partial charge is 0.341 e. The minimum absolute atomic E-state index is 0.00477. The topological polar surface area (TPSA) is 157 Å². The predicted molar refractivity (Wildman–Crippen MR) is 204 cm³/mol. The first-order chi connectivity index (χ1) is 25.2. The van der Waals surface area contributed by atoms with Crippen molar-refractivity contribution in [1.29, 1.82) is 0 Å². The quantitative estimate of drug-likeness (QED) is 0.168. The lowest BCUT2D eigenvalue weighted by Gasteiger charge is -2.62. The van der Waals surface area contributed by atoms with Gasteiger partial charge in [-0.25, -0.2) is 9.78 Å². The summed E-state index contributed by atoms with van der Waals surface area (Å²) in [5.41, 5.74) is 1.48. The number of aliphatic hydroxyl groups is 2. The number of carbonyl (C=O) groups excluding carboxylic acids is 2. The fraction of sp³-hybridized carbons (Fsp3) is 0.537. The van der Waals surface area contributed by atoms with Crippen LogP contribution in [0.4, 0.5) is 11.5 Å². The van der Waals surface area contributed by atoms with E-state index in [9.17, 15) is 24.9 Å². The molecule has 4 aliphatic rings. The van der Waals surface area contributed by atoms with Crippen LogP contribution in [0.5, 0.6) is 5.75 Å². The Labute approximate surface area is 312 Å². The third kappa shape index (κ3) is 7.73. The van der Waals surface area contributed by atoms with Crippen LogP contribution in [0.1, 0.15) is 52.0 Å². The van der Waals surface area contributed by atoms with E-state index in [0.717, 1.165) is 11.3 Å². The van der Waals surface area contributed by atoms with Gasteiger partial charge in [-0.1, -0.05) is 32.1 Å². The third-order valence-corrected chi connectivity index (χ3v) is 12.4. The molecule has 2 aliphatic carbocycles. The van der Waals surface area contributed by atoms with E-state index in [0.29, 0.717) is 74.7 Å². The van der Waals surface area contributed by atoms with Gasteiger partial charge in [-0.2, -0.15) is 0 Å². The van der Waals surface area contributed by atoms with Crippen LogP contribution in [-0.4, -0.2) is 108 Å². The summed E-state index contributed by atoms with van der Waals surface area (Å²) in [7, 11) is 3.78. The molecule has 2 saturated carbocycles. The summed E-state index contributed by atoms with van der Waals surface area (Å²) in [4.78, 5) is 35.5. The highest BCUT2D eigenvalue weighted by Gasteiger charge is 2.60. The SMILES string of the molecule is C=C1C(NC(C)C(=O)N2CCOCC2)CC2[C@](C)(CC[C@@H](O)[C@@]2(C)CO)C1CC(Nc1ccccn1)C1=C/C(=C\c2ccc(N(C)C)cc2O)OC1=O. The highest BCUT2D eigenvalue weighted by Crippen LogP contribution is 2.62. The zero-order valence-electron chi connectivity index (χ0n) is 31.5. The molecule has 1 saturated heterocycles. The number of ether oxygens (including phenoxy) is 2. The largest absolute Gasteiger partial charge is 0.507 e. The highest BCUT2D eigenvalue weighted by molar-refractivity contribution is 5.95. The Kier molecular flexibility index (Phi) is 11.4. The number of aromatic nitrogens is 1. The molecular weight excluding hydrogens is 674 g/mol. The van der Waals surface area contributed by atoms with Crippen molar-refractivity contribution in [3.8, 4) is 5.75 Å². The predicted octanol–water partition coefficient (Wildman–Crippen LogP) is 4.11. The molecule has 1 amide bonds. The summed E-state index contributed by atoms with van der Waals surface area (Å²) < 4.78 is 11.3. The number of morpholine rings is 1. The first kappa shape index (κ1) is 38.5. The normalized spacial score (nSPS) is 30.7. The number of pyridine rings is 1. The molecule has 1 aromatic carbocycles. The number of rotatable bonds is 11. The first-order valence-corrected chi connectivity index (χ1v) is 18.7. The Morgan fingerprint density at radius 2 is 1.96 bits per heavy atom. The molecule has 2 aliphatic heterocycles. The Hall–Kier alpha value is -4.23. The maximum atomic E-state index is 13.7. The lowest BCUT2D eigenvalue weighted by atomic mass is 9.45. The summed E-state index contributed by atoms with van der Waals surface area (Å²) in [5, 5.41) is 40.1. The van der Waals surface area contributed by atoms with Crippen molar-refractivity contribution in [2.24, 2.45) is 22.7 Å². The first-order valence-electron chi connectivity index (χ1n) is 18.7. The number of hydrogen-bond donors (Lipinski definition) is 5. The fourth-order valence-electron chi connectivity index (χ4n) is 9.12. The lowest BCUT2D eigenvalue weighted by molar-refractivity contribution is -0.157. The molecule has 2 aromatic rings. The number of nitrogens with one attached hydrogen (secondary N) is 2. The molecule has 53 heavy (non-hydrogen) atoms. The molecule has 5 unspecified atom stereocenters. The highest BCUT2D eigenvalue weighted by atomic mass is 16.5. The monoisotopic (exact) mass is 729 g/mol. The van der Waals surface area contributed by atoms with Crippen LogP contribution in [0, 0.1) is 22.7 Å². The number of carbonyl (C=O) groups is 2. The average Bonchev–Trinajstić information content (AvgIpc) is 3.52. The van der Waals surface area contributed by atoms with E-state index in [-0.39, 0.29) is 36.1 Å². The minimum Gasteiger partial charge on any atom is -0.507 e. The summed E-state index contributed by atoms with van der Waals surface area (Å²) >= 11 is 0. The van der Waals surface area contributed by atoms with Crippen molar-refractivity contribution in [2.75, 3.05) is 57.2 Å². The van der Waals surface area contributed by atoms with Crippen molar-refractivity contribution in [3.63, 3.8) is 0 Å². The van der Waals surface area contributed by atoms with Gasteiger partial charge in [0.2, 0.25) is 5.91 Å². The van der Waals surface area contributed by atoms with Crippen LogP contribution in [0.2, 0.25) is 0 Å². The maximum Gasteiger partial charge on any atom is 0.341 e. The summed E-state index contributed by atoms with van der Waals surface area (Å²) in [6, 6.07) is 9.50. The molecule has 3 fully saturated rings. The van der Waals surface area contributed by atoms with E-state index in [2.05, 4.69) is 29.1 Å². The van der Waals surface area contributed by atoms with Crippen molar-refractivity contribution >= 4 is 29.5 Å². The summed E-state index contributed by atoms with van der Waals surface area (Å²) in [6.07, 6.45) is 6.59. The molecule has 0 spiro atoms. The van der Waals surface area contributed by atoms with Crippen LogP contribution in [0.15, 0.2) is 72.2 Å². The number of allylic oxidation sites excluding steroid dienone is 1. The Bertz CT molecular complexity index is 1740. The number of phenols is 1. The standard InChI is InChI=1S/C41H55N5O7/c1-25-31(40(3)13-12-36(49)41(4,24-47)35(40)23-32(25)43-26(2)38(50)46-15-17-52-18-16-46)22-33(44-37-9-7-8-14-42-37)30-21-29(53-39(30)51)19-27-10-11-28(45(5)6)20-34(27)48/h7-11,14,19-21,26,31-33,35-36,43,47-49H,1,12-13,15-18,22-24H2,2-6H3,(H,42,44)/b29-19+/t26?,31?,32?,33?,35?,36-,40-,41+/m1/s1. The van der Waals surface area contributed by atoms with E-state index >= 15 is 0 Å². The van der Waals surface area contributed by atoms with Gasteiger partial charge in [-0.15, -0.1) is 0 Å². The van der Waals surface area contributed by atoms with Gasteiger partial charge in [0.05, 0.1) is 43.6 Å². The number of aromatic hydroxyl groups is 1. The molecule has 12 heteroatoms. The van der Waals surface area contributed by atoms with Gasteiger partial charge in [0.25, 0.3) is 0 Å². The Morgan fingerprint density at radius 1 is 1.21 bits per heavy atom. The molecule has 8 atom stereocenters. The molecule has 5 N–H and O–H groups in total. The van der Waals surface area contributed by atoms with Crippen LogP contribution in [0.3, 0.4) is 0 Å². The van der Waals surface area contributed by atoms with Gasteiger partial charge >= 0.3 is 5.97 Å². The molecule has 286 valence electrons. The van der Waals surface area contributed by atoms with Crippen LogP contribution in [0.25, 0.3) is 6.08 Å². The molecule has 6 rings (SSSR count). The van der Waals surface area contributed by atoms with E-state index in [1.807, 2.05) is 62.0 Å². The van der Waals surface area contributed by atoms with Gasteiger partial charge < -0.3 is 39.9 Å². The number of aliphatic hydroxyl groups excluding tert-OH is 2. The zero-order valence-corrected chi connectivity index (χ0v) is 31.5. The van der Waals surface area contributed by atoms with E-state index in [1.54, 1.807) is 30.5 Å². The van der Waals surface area contributed by atoms with Crippen molar-refractivity contribution < 1.29 is 34.4 Å². The second-order valence-corrected chi connectivity index (χ2v) is 15.8.